The van der Waals surface area contributed by atoms with Crippen LogP contribution in [0.25, 0.3) is 15.9 Å². The predicted octanol–water partition coefficient (Wildman–Crippen LogP) is 6.52. The highest BCUT2D eigenvalue weighted by Gasteiger charge is 2.23. The lowest BCUT2D eigenvalue weighted by molar-refractivity contribution is 0.627. The molecule has 2 aromatic carbocycles. The van der Waals surface area contributed by atoms with Crippen LogP contribution in [0.1, 0.15) is 28.8 Å². The molecule has 3 nitrogen and oxygen atoms in total. The predicted molar refractivity (Wildman–Crippen MR) is 126 cm³/mol. The van der Waals surface area contributed by atoms with Crippen molar-refractivity contribution in [1.82, 2.24) is 9.55 Å². The first-order chi connectivity index (χ1) is 14.6. The van der Waals surface area contributed by atoms with Gasteiger partial charge in [-0.1, -0.05) is 39.8 Å². The fourth-order valence-electron chi connectivity index (χ4n) is 3.83. The van der Waals surface area contributed by atoms with Gasteiger partial charge < -0.3 is 0 Å². The number of rotatable bonds is 4. The van der Waals surface area contributed by atoms with E-state index in [1.165, 1.54) is 40.8 Å². The second-order valence-electron chi connectivity index (χ2n) is 7.32. The first-order valence-electron chi connectivity index (χ1n) is 9.80. The third kappa shape index (κ3) is 3.74. The molecule has 4 aromatic rings. The van der Waals surface area contributed by atoms with E-state index in [1.807, 2.05) is 24.3 Å². The summed E-state index contributed by atoms with van der Waals surface area (Å²) < 4.78 is 15.9. The van der Waals surface area contributed by atoms with Gasteiger partial charge in [0.1, 0.15) is 10.6 Å². The minimum Gasteiger partial charge on any atom is -0.268 e. The maximum absolute atomic E-state index is 13.7. The lowest BCUT2D eigenvalue weighted by atomic mass is 9.97. The van der Waals surface area contributed by atoms with Gasteiger partial charge in [-0.3, -0.25) is 9.36 Å². The normalized spacial score (nSPS) is 13.5. The van der Waals surface area contributed by atoms with Crippen molar-refractivity contribution < 1.29 is 4.39 Å². The summed E-state index contributed by atoms with van der Waals surface area (Å²) in [6, 6.07) is 14.2. The number of halogens is 2. The highest BCUT2D eigenvalue weighted by molar-refractivity contribution is 9.10. The Bertz CT molecular complexity index is 1280. The van der Waals surface area contributed by atoms with E-state index in [2.05, 4.69) is 15.9 Å². The van der Waals surface area contributed by atoms with Crippen LogP contribution in [0.4, 0.5) is 4.39 Å². The molecule has 0 spiro atoms. The molecule has 1 aliphatic carbocycles. The van der Waals surface area contributed by atoms with Crippen molar-refractivity contribution in [3.63, 3.8) is 0 Å². The Morgan fingerprint density at radius 2 is 1.80 bits per heavy atom. The Kier molecular flexibility index (Phi) is 5.52. The topological polar surface area (TPSA) is 34.9 Å². The van der Waals surface area contributed by atoms with Crippen LogP contribution < -0.4 is 5.56 Å². The van der Waals surface area contributed by atoms with Gasteiger partial charge in [0.15, 0.2) is 5.16 Å². The SMILES string of the molecule is O=c1c2c3c(sc2nc(SCc2ccc(F)cc2)n1-c1ccc(Br)cc1)CCCC3. The molecule has 0 fully saturated rings. The molecule has 7 heteroatoms. The molecule has 2 aromatic heterocycles. The van der Waals surface area contributed by atoms with Crippen molar-refractivity contribution in [1.29, 1.82) is 0 Å². The number of hydrogen-bond donors (Lipinski definition) is 0. The fourth-order valence-corrected chi connectivity index (χ4v) is 6.36. The monoisotopic (exact) mass is 500 g/mol. The number of hydrogen-bond acceptors (Lipinski definition) is 4. The second kappa shape index (κ2) is 8.29. The van der Waals surface area contributed by atoms with Crippen molar-refractivity contribution >= 4 is 49.2 Å². The van der Waals surface area contributed by atoms with E-state index in [1.54, 1.807) is 28.0 Å². The largest absolute Gasteiger partial charge is 0.268 e. The van der Waals surface area contributed by atoms with Crippen LogP contribution in [-0.2, 0) is 18.6 Å². The molecule has 0 aliphatic heterocycles. The van der Waals surface area contributed by atoms with Crippen LogP contribution in [-0.4, -0.2) is 9.55 Å². The molecule has 0 amide bonds. The van der Waals surface area contributed by atoms with Crippen molar-refractivity contribution in [2.45, 2.75) is 36.6 Å². The quantitative estimate of drug-likeness (QED) is 0.236. The summed E-state index contributed by atoms with van der Waals surface area (Å²) in [5, 5.41) is 1.45. The van der Waals surface area contributed by atoms with E-state index in [-0.39, 0.29) is 11.4 Å². The summed E-state index contributed by atoms with van der Waals surface area (Å²) in [4.78, 5) is 20.8. The van der Waals surface area contributed by atoms with Crippen LogP contribution in [0.2, 0.25) is 0 Å². The summed E-state index contributed by atoms with van der Waals surface area (Å²) >= 11 is 6.64. The molecule has 152 valence electrons. The fraction of sp³-hybridized carbons (Fsp3) is 0.217. The molecule has 0 radical (unpaired) electrons. The van der Waals surface area contributed by atoms with E-state index in [9.17, 15) is 9.18 Å². The highest BCUT2D eigenvalue weighted by atomic mass is 79.9. The Morgan fingerprint density at radius 3 is 2.57 bits per heavy atom. The molecule has 30 heavy (non-hydrogen) atoms. The Hall–Kier alpha value is -1.96. The zero-order valence-electron chi connectivity index (χ0n) is 16.0. The molecule has 5 rings (SSSR count). The average molecular weight is 501 g/mol. The first kappa shape index (κ1) is 20.0. The standard InChI is InChI=1S/C23H18BrFN2OS2/c24-15-7-11-17(12-8-15)27-22(28)20-18-3-1-2-4-19(18)30-21(20)26-23(27)29-13-14-5-9-16(25)10-6-14/h5-12H,1-4,13H2. The Balaban J connectivity index is 1.65. The Labute approximate surface area is 190 Å². The molecule has 2 heterocycles. The summed E-state index contributed by atoms with van der Waals surface area (Å²) in [5.41, 5.74) is 2.99. The van der Waals surface area contributed by atoms with Crippen LogP contribution in [0, 0.1) is 5.82 Å². The molecular weight excluding hydrogens is 483 g/mol. The number of nitrogens with zero attached hydrogens (tertiary/aromatic N) is 2. The molecule has 0 bridgehead atoms. The van der Waals surface area contributed by atoms with Gasteiger partial charge >= 0.3 is 0 Å². The maximum atomic E-state index is 13.7. The summed E-state index contributed by atoms with van der Waals surface area (Å²) in [5.74, 6) is 0.360. The van der Waals surface area contributed by atoms with E-state index in [4.69, 9.17) is 4.98 Å². The summed E-state index contributed by atoms with van der Waals surface area (Å²) in [6.07, 6.45) is 4.28. The van der Waals surface area contributed by atoms with E-state index >= 15 is 0 Å². The lowest BCUT2D eigenvalue weighted by Gasteiger charge is -2.14. The van der Waals surface area contributed by atoms with E-state index < -0.39 is 0 Å². The number of thioether (sulfide) groups is 1. The van der Waals surface area contributed by atoms with Crippen molar-refractivity contribution in [3.8, 4) is 5.69 Å². The third-order valence-corrected chi connectivity index (χ3v) is 8.05. The van der Waals surface area contributed by atoms with Gasteiger partial charge in [-0.2, -0.15) is 0 Å². The Morgan fingerprint density at radius 1 is 1.07 bits per heavy atom. The second-order valence-corrected chi connectivity index (χ2v) is 10.3. The van der Waals surface area contributed by atoms with Crippen LogP contribution in [0.5, 0.6) is 0 Å². The molecule has 0 unspecified atom stereocenters. The van der Waals surface area contributed by atoms with Crippen molar-refractivity contribution in [2.24, 2.45) is 0 Å². The van der Waals surface area contributed by atoms with Gasteiger partial charge in [0.05, 0.1) is 11.1 Å². The molecular formula is C23H18BrFN2OS2. The minimum atomic E-state index is -0.251. The first-order valence-corrected chi connectivity index (χ1v) is 12.4. The van der Waals surface area contributed by atoms with Gasteiger partial charge in [0.2, 0.25) is 0 Å². The van der Waals surface area contributed by atoms with Gasteiger partial charge in [-0.25, -0.2) is 9.37 Å². The van der Waals surface area contributed by atoms with Crippen molar-refractivity contribution in [2.75, 3.05) is 0 Å². The minimum absolute atomic E-state index is 0.00308. The highest BCUT2D eigenvalue weighted by Crippen LogP contribution is 2.35. The molecule has 0 saturated carbocycles. The summed E-state index contributed by atoms with van der Waals surface area (Å²) in [7, 11) is 0. The number of fused-ring (bicyclic) bond motifs is 3. The molecule has 0 saturated heterocycles. The number of thiophene rings is 1. The van der Waals surface area contributed by atoms with E-state index in [0.717, 1.165) is 45.2 Å². The zero-order valence-corrected chi connectivity index (χ0v) is 19.2. The van der Waals surface area contributed by atoms with Crippen LogP contribution >= 0.6 is 39.0 Å². The zero-order chi connectivity index (χ0) is 20.7. The maximum Gasteiger partial charge on any atom is 0.267 e. The number of aromatic nitrogens is 2. The number of aryl methyl sites for hydroxylation is 2. The third-order valence-electron chi connectivity index (χ3n) is 5.32. The van der Waals surface area contributed by atoms with Crippen LogP contribution in [0.3, 0.4) is 0 Å². The van der Waals surface area contributed by atoms with Gasteiger partial charge in [-0.05, 0) is 73.2 Å². The molecule has 1 aliphatic rings. The van der Waals surface area contributed by atoms with Gasteiger partial charge in [-0.15, -0.1) is 11.3 Å². The summed E-state index contributed by atoms with van der Waals surface area (Å²) in [6.45, 7) is 0. The number of benzene rings is 2. The lowest BCUT2D eigenvalue weighted by Crippen LogP contribution is -2.22. The van der Waals surface area contributed by atoms with Gasteiger partial charge in [0.25, 0.3) is 5.56 Å². The van der Waals surface area contributed by atoms with E-state index in [0.29, 0.717) is 10.9 Å². The average Bonchev–Trinajstić information content (AvgIpc) is 3.13. The van der Waals surface area contributed by atoms with Crippen molar-refractivity contribution in [3.05, 3.63) is 85.2 Å². The van der Waals surface area contributed by atoms with Gasteiger partial charge in [0, 0.05) is 15.1 Å². The van der Waals surface area contributed by atoms with Crippen LogP contribution in [0.15, 0.2) is 63.0 Å². The molecule has 0 atom stereocenters. The smallest absolute Gasteiger partial charge is 0.267 e. The molecule has 0 N–H and O–H groups in total.